The molecule has 0 atom stereocenters. The highest BCUT2D eigenvalue weighted by molar-refractivity contribution is 5.78. The fraction of sp³-hybridized carbons (Fsp3) is 0.0345. The lowest BCUT2D eigenvalue weighted by atomic mass is 10.0. The number of allylic oxidation sites excluding steroid dienone is 5. The largest absolute Gasteiger partial charge is 0.228 e. The molecule has 2 heteroatoms. The second-order valence-corrected chi connectivity index (χ2v) is 7.13. The summed E-state index contributed by atoms with van der Waals surface area (Å²) < 4.78 is 0. The quantitative estimate of drug-likeness (QED) is 0.311. The van der Waals surface area contributed by atoms with Gasteiger partial charge in [-0.25, -0.2) is 9.97 Å². The van der Waals surface area contributed by atoms with Crippen molar-refractivity contribution in [2.45, 2.75) is 6.92 Å². The average molecular weight is 401 g/mol. The van der Waals surface area contributed by atoms with Crippen LogP contribution in [0.1, 0.15) is 12.5 Å². The first kappa shape index (κ1) is 20.2. The first-order valence-corrected chi connectivity index (χ1v) is 10.3. The van der Waals surface area contributed by atoms with Gasteiger partial charge in [0.15, 0.2) is 5.82 Å². The second kappa shape index (κ2) is 9.64. The molecule has 0 fully saturated rings. The average Bonchev–Trinajstić information content (AvgIpc) is 2.85. The lowest BCUT2D eigenvalue weighted by Gasteiger charge is -2.10. The normalized spacial score (nSPS) is 11.6. The van der Waals surface area contributed by atoms with E-state index in [1.807, 2.05) is 67.6 Å². The van der Waals surface area contributed by atoms with Crippen molar-refractivity contribution in [3.63, 3.8) is 0 Å². The molecule has 0 amide bonds. The third-order valence-electron chi connectivity index (χ3n) is 4.96. The van der Waals surface area contributed by atoms with Crippen LogP contribution in [0.15, 0.2) is 122 Å². The Balaban J connectivity index is 1.88. The van der Waals surface area contributed by atoms with Gasteiger partial charge in [-0.3, -0.25) is 0 Å². The van der Waals surface area contributed by atoms with E-state index in [1.165, 1.54) is 0 Å². The molecule has 4 rings (SSSR count). The summed E-state index contributed by atoms with van der Waals surface area (Å²) in [5.74, 6) is 0.709. The van der Waals surface area contributed by atoms with Crippen molar-refractivity contribution in [2.75, 3.05) is 0 Å². The molecule has 1 heterocycles. The highest BCUT2D eigenvalue weighted by Gasteiger charge is 2.11. The maximum atomic E-state index is 4.92. The van der Waals surface area contributed by atoms with Gasteiger partial charge in [-0.2, -0.15) is 0 Å². The van der Waals surface area contributed by atoms with E-state index in [1.54, 1.807) is 0 Å². The number of aromatic nitrogens is 2. The summed E-state index contributed by atoms with van der Waals surface area (Å²) >= 11 is 0. The van der Waals surface area contributed by atoms with Gasteiger partial charge >= 0.3 is 0 Å². The minimum Gasteiger partial charge on any atom is -0.228 e. The Kier molecular flexibility index (Phi) is 6.29. The molecule has 0 aliphatic rings. The Hall–Kier alpha value is -4.04. The molecule has 31 heavy (non-hydrogen) atoms. The Morgan fingerprint density at radius 3 is 1.84 bits per heavy atom. The topological polar surface area (TPSA) is 25.8 Å². The van der Waals surface area contributed by atoms with Crippen LogP contribution in [0.4, 0.5) is 0 Å². The highest BCUT2D eigenvalue weighted by Crippen LogP contribution is 2.29. The molecule has 3 aromatic carbocycles. The van der Waals surface area contributed by atoms with E-state index in [2.05, 4.69) is 61.2 Å². The summed E-state index contributed by atoms with van der Waals surface area (Å²) in [7, 11) is 0. The van der Waals surface area contributed by atoms with E-state index in [4.69, 9.17) is 9.97 Å². The Morgan fingerprint density at radius 2 is 1.29 bits per heavy atom. The number of rotatable bonds is 6. The fourth-order valence-electron chi connectivity index (χ4n) is 3.48. The molecule has 0 bridgehead atoms. The standard InChI is InChI=1S/C29H24N2/c1-3-12-22(13-4-2)25-18-11-19-26(20-25)29-30-27(23-14-7-5-8-15-23)21-28(31-29)24-16-9-6-10-17-24/h3-21H,1H2,2H3/b13-4-,22-12+. The lowest BCUT2D eigenvalue weighted by Crippen LogP contribution is -1.96. The summed E-state index contributed by atoms with van der Waals surface area (Å²) in [6.45, 7) is 5.86. The molecule has 1 aromatic heterocycles. The van der Waals surface area contributed by atoms with Crippen molar-refractivity contribution in [3.05, 3.63) is 127 Å². The smallest absolute Gasteiger partial charge is 0.160 e. The highest BCUT2D eigenvalue weighted by atomic mass is 14.9. The maximum Gasteiger partial charge on any atom is 0.160 e. The molecular formula is C29H24N2. The fourth-order valence-corrected chi connectivity index (χ4v) is 3.48. The predicted octanol–water partition coefficient (Wildman–Crippen LogP) is 7.62. The number of benzene rings is 3. The molecule has 4 aromatic rings. The molecule has 150 valence electrons. The van der Waals surface area contributed by atoms with Gasteiger partial charge in [0.2, 0.25) is 0 Å². The summed E-state index contributed by atoms with van der Waals surface area (Å²) in [5.41, 5.74) is 7.14. The molecule has 0 radical (unpaired) electrons. The van der Waals surface area contributed by atoms with E-state index < -0.39 is 0 Å². The van der Waals surface area contributed by atoms with Crippen molar-refractivity contribution < 1.29 is 0 Å². The number of nitrogens with zero attached hydrogens (tertiary/aromatic N) is 2. The van der Waals surface area contributed by atoms with Crippen molar-refractivity contribution in [2.24, 2.45) is 0 Å². The van der Waals surface area contributed by atoms with Crippen LogP contribution in [0, 0.1) is 0 Å². The monoisotopic (exact) mass is 400 g/mol. The summed E-state index contributed by atoms with van der Waals surface area (Å²) in [6.07, 6.45) is 7.93. The van der Waals surface area contributed by atoms with Crippen molar-refractivity contribution >= 4 is 5.57 Å². The molecular weight excluding hydrogens is 376 g/mol. The van der Waals surface area contributed by atoms with Crippen LogP contribution < -0.4 is 0 Å². The van der Waals surface area contributed by atoms with Gasteiger partial charge in [-0.05, 0) is 30.2 Å². The SMILES string of the molecule is C=C/C=C(\C=C/C)c1cccc(-c2nc(-c3ccccc3)cc(-c3ccccc3)n2)c1. The van der Waals surface area contributed by atoms with Gasteiger partial charge in [0, 0.05) is 16.7 Å². The zero-order chi connectivity index (χ0) is 21.5. The Labute approximate surface area is 184 Å². The predicted molar refractivity (Wildman–Crippen MR) is 131 cm³/mol. The minimum absolute atomic E-state index is 0.709. The molecule has 0 aliphatic heterocycles. The summed E-state index contributed by atoms with van der Waals surface area (Å²) in [4.78, 5) is 9.85. The van der Waals surface area contributed by atoms with Gasteiger partial charge in [0.05, 0.1) is 11.4 Å². The molecule has 0 spiro atoms. The zero-order valence-corrected chi connectivity index (χ0v) is 17.6. The number of hydrogen-bond donors (Lipinski definition) is 0. The van der Waals surface area contributed by atoms with Crippen LogP contribution >= 0.6 is 0 Å². The van der Waals surface area contributed by atoms with Crippen molar-refractivity contribution in [1.82, 2.24) is 9.97 Å². The van der Waals surface area contributed by atoms with E-state index in [0.29, 0.717) is 5.82 Å². The molecule has 0 aliphatic carbocycles. The third kappa shape index (κ3) is 4.76. The van der Waals surface area contributed by atoms with E-state index >= 15 is 0 Å². The van der Waals surface area contributed by atoms with Crippen LogP contribution in [0.25, 0.3) is 39.5 Å². The molecule has 0 N–H and O–H groups in total. The first-order valence-electron chi connectivity index (χ1n) is 10.3. The van der Waals surface area contributed by atoms with E-state index in [9.17, 15) is 0 Å². The summed E-state index contributed by atoms with van der Waals surface area (Å²) in [5, 5.41) is 0. The molecule has 0 saturated heterocycles. The molecule has 2 nitrogen and oxygen atoms in total. The Bertz CT molecular complexity index is 1180. The molecule has 0 unspecified atom stereocenters. The van der Waals surface area contributed by atoms with Crippen LogP contribution in [0.5, 0.6) is 0 Å². The van der Waals surface area contributed by atoms with E-state index in [-0.39, 0.29) is 0 Å². The van der Waals surface area contributed by atoms with Gasteiger partial charge in [0.25, 0.3) is 0 Å². The minimum atomic E-state index is 0.709. The van der Waals surface area contributed by atoms with Crippen molar-refractivity contribution in [1.29, 1.82) is 0 Å². The van der Waals surface area contributed by atoms with Crippen LogP contribution in [-0.4, -0.2) is 9.97 Å². The lowest BCUT2D eigenvalue weighted by molar-refractivity contribution is 1.18. The second-order valence-electron chi connectivity index (χ2n) is 7.13. The van der Waals surface area contributed by atoms with E-state index in [0.717, 1.165) is 39.2 Å². The Morgan fingerprint density at radius 1 is 0.710 bits per heavy atom. The summed E-state index contributed by atoms with van der Waals surface area (Å²) in [6, 6.07) is 30.9. The van der Waals surface area contributed by atoms with Crippen LogP contribution in [-0.2, 0) is 0 Å². The van der Waals surface area contributed by atoms with Crippen LogP contribution in [0.2, 0.25) is 0 Å². The van der Waals surface area contributed by atoms with Gasteiger partial charge in [0.1, 0.15) is 0 Å². The maximum absolute atomic E-state index is 4.92. The van der Waals surface area contributed by atoms with Gasteiger partial charge in [-0.1, -0.05) is 110 Å². The van der Waals surface area contributed by atoms with Gasteiger partial charge < -0.3 is 0 Å². The van der Waals surface area contributed by atoms with Gasteiger partial charge in [-0.15, -0.1) is 0 Å². The number of hydrogen-bond acceptors (Lipinski definition) is 2. The van der Waals surface area contributed by atoms with Crippen LogP contribution in [0.3, 0.4) is 0 Å². The first-order chi connectivity index (χ1) is 15.3. The van der Waals surface area contributed by atoms with Crippen molar-refractivity contribution in [3.8, 4) is 33.9 Å². The molecule has 0 saturated carbocycles. The zero-order valence-electron chi connectivity index (χ0n) is 17.6. The third-order valence-corrected chi connectivity index (χ3v) is 4.96.